The molecular weight excluding hydrogens is 206 g/mol. The minimum Gasteiger partial charge on any atom is -0.382 e. The van der Waals surface area contributed by atoms with Crippen LogP contribution in [0.3, 0.4) is 0 Å². The van der Waals surface area contributed by atoms with Gasteiger partial charge in [0.15, 0.2) is 5.78 Å². The Labute approximate surface area is 97.7 Å². The maximum atomic E-state index is 11.5. The van der Waals surface area contributed by atoms with E-state index in [2.05, 4.69) is 5.32 Å². The minimum absolute atomic E-state index is 0.0469. The molecule has 4 heteroatoms. The van der Waals surface area contributed by atoms with Crippen LogP contribution in [0.5, 0.6) is 0 Å². The van der Waals surface area contributed by atoms with E-state index in [1.165, 1.54) is 0 Å². The first-order valence-corrected chi connectivity index (χ1v) is 5.75. The van der Waals surface area contributed by atoms with Gasteiger partial charge in [-0.3, -0.25) is 9.59 Å². The van der Waals surface area contributed by atoms with E-state index in [-0.39, 0.29) is 18.2 Å². The summed E-state index contributed by atoms with van der Waals surface area (Å²) in [5, 5.41) is 2.62. The largest absolute Gasteiger partial charge is 0.382 e. The van der Waals surface area contributed by atoms with Crippen LogP contribution in [0.25, 0.3) is 0 Å². The first kappa shape index (κ1) is 15.1. The molecule has 1 amide bonds. The molecular formula is C12H23NO3. The second-order valence-corrected chi connectivity index (χ2v) is 4.75. The zero-order valence-corrected chi connectivity index (χ0v) is 10.8. The van der Waals surface area contributed by atoms with Crippen LogP contribution in [0.2, 0.25) is 0 Å². The van der Waals surface area contributed by atoms with Crippen LogP contribution in [0.1, 0.15) is 40.5 Å². The third kappa shape index (κ3) is 7.40. The van der Waals surface area contributed by atoms with Crippen molar-refractivity contribution in [2.75, 3.05) is 19.8 Å². The Hall–Kier alpha value is -0.900. The van der Waals surface area contributed by atoms with E-state index in [4.69, 9.17) is 4.74 Å². The first-order valence-electron chi connectivity index (χ1n) is 5.75. The molecule has 0 aliphatic carbocycles. The van der Waals surface area contributed by atoms with Gasteiger partial charge in [-0.2, -0.15) is 0 Å². The summed E-state index contributed by atoms with van der Waals surface area (Å²) < 4.78 is 5.12. The number of ether oxygens (including phenoxy) is 1. The van der Waals surface area contributed by atoms with Crippen molar-refractivity contribution in [3.63, 3.8) is 0 Å². The number of nitrogens with one attached hydrogen (secondary N) is 1. The fourth-order valence-electron chi connectivity index (χ4n) is 1.01. The lowest BCUT2D eigenvalue weighted by atomic mass is 9.91. The quantitative estimate of drug-likeness (QED) is 0.674. The molecule has 0 atom stereocenters. The van der Waals surface area contributed by atoms with Crippen molar-refractivity contribution in [2.24, 2.45) is 5.41 Å². The predicted octanol–water partition coefficient (Wildman–Crippen LogP) is 1.53. The molecule has 94 valence electrons. The Morgan fingerprint density at radius 1 is 1.25 bits per heavy atom. The highest BCUT2D eigenvalue weighted by molar-refractivity contribution is 5.89. The molecule has 0 aromatic rings. The summed E-state index contributed by atoms with van der Waals surface area (Å²) in [5.41, 5.74) is -0.390. The number of carbonyl (C=O) groups is 2. The van der Waals surface area contributed by atoms with Gasteiger partial charge in [-0.05, 0) is 13.3 Å². The maximum absolute atomic E-state index is 11.5. The van der Waals surface area contributed by atoms with Crippen LogP contribution < -0.4 is 5.32 Å². The maximum Gasteiger partial charge on any atom is 0.220 e. The van der Waals surface area contributed by atoms with E-state index >= 15 is 0 Å². The molecule has 0 aromatic carbocycles. The highest BCUT2D eigenvalue weighted by Gasteiger charge is 2.20. The molecule has 0 radical (unpaired) electrons. The summed E-state index contributed by atoms with van der Waals surface area (Å²) >= 11 is 0. The molecule has 0 aromatic heterocycles. The highest BCUT2D eigenvalue weighted by Crippen LogP contribution is 2.13. The molecule has 0 aliphatic heterocycles. The average Bonchev–Trinajstić information content (AvgIpc) is 2.19. The lowest BCUT2D eigenvalue weighted by Crippen LogP contribution is -2.35. The number of hydrogen-bond donors (Lipinski definition) is 1. The van der Waals surface area contributed by atoms with Crippen molar-refractivity contribution < 1.29 is 14.3 Å². The normalized spacial score (nSPS) is 11.2. The predicted molar refractivity (Wildman–Crippen MR) is 63.2 cm³/mol. The van der Waals surface area contributed by atoms with Crippen LogP contribution in [-0.4, -0.2) is 31.4 Å². The van der Waals surface area contributed by atoms with Gasteiger partial charge in [0, 0.05) is 25.0 Å². The standard InChI is InChI=1S/C12H23NO3/c1-5-16-8-6-7-11(15)13-9-10(14)12(2,3)4/h5-9H2,1-4H3,(H,13,15). The molecule has 0 fully saturated rings. The van der Waals surface area contributed by atoms with Crippen molar-refractivity contribution in [3.05, 3.63) is 0 Å². The summed E-state index contributed by atoms with van der Waals surface area (Å²) in [4.78, 5) is 22.8. The summed E-state index contributed by atoms with van der Waals surface area (Å²) in [5.74, 6) is -0.0389. The Morgan fingerprint density at radius 3 is 2.38 bits per heavy atom. The number of hydrogen-bond acceptors (Lipinski definition) is 3. The number of ketones is 1. The van der Waals surface area contributed by atoms with Crippen molar-refractivity contribution in [2.45, 2.75) is 40.5 Å². The van der Waals surface area contributed by atoms with E-state index in [1.54, 1.807) is 0 Å². The average molecular weight is 229 g/mol. The van der Waals surface area contributed by atoms with Gasteiger partial charge in [0.25, 0.3) is 0 Å². The number of amides is 1. The Morgan fingerprint density at radius 2 is 1.88 bits per heavy atom. The van der Waals surface area contributed by atoms with E-state index < -0.39 is 5.41 Å². The zero-order valence-electron chi connectivity index (χ0n) is 10.8. The van der Waals surface area contributed by atoms with Gasteiger partial charge in [0.2, 0.25) is 5.91 Å². The van der Waals surface area contributed by atoms with Gasteiger partial charge in [-0.1, -0.05) is 20.8 Å². The molecule has 4 nitrogen and oxygen atoms in total. The van der Waals surface area contributed by atoms with Gasteiger partial charge in [0.1, 0.15) is 0 Å². The summed E-state index contributed by atoms with van der Waals surface area (Å²) in [7, 11) is 0. The molecule has 0 bridgehead atoms. The van der Waals surface area contributed by atoms with Gasteiger partial charge in [-0.25, -0.2) is 0 Å². The fraction of sp³-hybridized carbons (Fsp3) is 0.833. The van der Waals surface area contributed by atoms with Crippen LogP contribution in [0, 0.1) is 5.41 Å². The first-order chi connectivity index (χ1) is 7.38. The van der Waals surface area contributed by atoms with Crippen LogP contribution in [0.15, 0.2) is 0 Å². The molecule has 0 spiro atoms. The summed E-state index contributed by atoms with van der Waals surface area (Å²) in [6.45, 7) is 8.84. The summed E-state index contributed by atoms with van der Waals surface area (Å²) in [6, 6.07) is 0. The van der Waals surface area contributed by atoms with Gasteiger partial charge < -0.3 is 10.1 Å². The molecule has 0 saturated carbocycles. The lowest BCUT2D eigenvalue weighted by Gasteiger charge is -2.16. The Balaban J connectivity index is 3.62. The second-order valence-electron chi connectivity index (χ2n) is 4.75. The number of rotatable bonds is 7. The minimum atomic E-state index is -0.390. The third-order valence-electron chi connectivity index (χ3n) is 2.18. The number of Topliss-reactive ketones (excluding diaryl/α,β-unsaturated/α-hetero) is 1. The lowest BCUT2D eigenvalue weighted by molar-refractivity contribution is -0.129. The van der Waals surface area contributed by atoms with E-state index in [1.807, 2.05) is 27.7 Å². The van der Waals surface area contributed by atoms with Crippen molar-refractivity contribution in [1.29, 1.82) is 0 Å². The Kier molecular flexibility index (Phi) is 6.97. The van der Waals surface area contributed by atoms with E-state index in [0.29, 0.717) is 26.1 Å². The Bertz CT molecular complexity index is 231. The number of carbonyl (C=O) groups excluding carboxylic acids is 2. The molecule has 0 rings (SSSR count). The van der Waals surface area contributed by atoms with Gasteiger partial charge >= 0.3 is 0 Å². The molecule has 0 unspecified atom stereocenters. The molecule has 0 heterocycles. The van der Waals surface area contributed by atoms with E-state index in [0.717, 1.165) is 0 Å². The molecule has 0 saturated heterocycles. The van der Waals surface area contributed by atoms with Gasteiger partial charge in [0.05, 0.1) is 6.54 Å². The topological polar surface area (TPSA) is 55.4 Å². The van der Waals surface area contributed by atoms with Crippen molar-refractivity contribution >= 4 is 11.7 Å². The van der Waals surface area contributed by atoms with E-state index in [9.17, 15) is 9.59 Å². The van der Waals surface area contributed by atoms with Crippen molar-refractivity contribution in [3.8, 4) is 0 Å². The van der Waals surface area contributed by atoms with Crippen LogP contribution >= 0.6 is 0 Å². The summed E-state index contributed by atoms with van der Waals surface area (Å²) in [6.07, 6.45) is 1.11. The molecule has 1 N–H and O–H groups in total. The zero-order chi connectivity index (χ0) is 12.6. The van der Waals surface area contributed by atoms with Crippen LogP contribution in [-0.2, 0) is 14.3 Å². The highest BCUT2D eigenvalue weighted by atomic mass is 16.5. The molecule has 0 aliphatic rings. The fourth-order valence-corrected chi connectivity index (χ4v) is 1.01. The second kappa shape index (κ2) is 7.39. The monoisotopic (exact) mass is 229 g/mol. The van der Waals surface area contributed by atoms with Crippen molar-refractivity contribution in [1.82, 2.24) is 5.32 Å². The van der Waals surface area contributed by atoms with Crippen LogP contribution in [0.4, 0.5) is 0 Å². The SMILES string of the molecule is CCOCCCC(=O)NCC(=O)C(C)(C)C. The smallest absolute Gasteiger partial charge is 0.220 e. The molecule has 16 heavy (non-hydrogen) atoms. The van der Waals surface area contributed by atoms with Gasteiger partial charge in [-0.15, -0.1) is 0 Å². The third-order valence-corrected chi connectivity index (χ3v) is 2.18.